The molecule has 6 heteroatoms. The van der Waals surface area contributed by atoms with Crippen LogP contribution in [0.15, 0.2) is 67.0 Å². The molecule has 2 heterocycles. The first-order chi connectivity index (χ1) is 14.7. The number of amides is 1. The second-order valence-electron chi connectivity index (χ2n) is 7.66. The minimum atomic E-state index is -0.0310. The Morgan fingerprint density at radius 2 is 1.97 bits per heavy atom. The largest absolute Gasteiger partial charge is 0.491 e. The van der Waals surface area contributed by atoms with E-state index < -0.39 is 0 Å². The summed E-state index contributed by atoms with van der Waals surface area (Å²) >= 11 is 0. The Kier molecular flexibility index (Phi) is 6.44. The summed E-state index contributed by atoms with van der Waals surface area (Å²) in [6, 6.07) is 17.5. The molecule has 0 spiro atoms. The molecule has 4 rings (SSSR count). The Bertz CT molecular complexity index is 947. The predicted molar refractivity (Wildman–Crippen MR) is 114 cm³/mol. The molecule has 0 unspecified atom stereocenters. The van der Waals surface area contributed by atoms with Gasteiger partial charge in [0.1, 0.15) is 12.4 Å². The molecule has 1 fully saturated rings. The van der Waals surface area contributed by atoms with Crippen molar-refractivity contribution in [3.05, 3.63) is 83.7 Å². The summed E-state index contributed by atoms with van der Waals surface area (Å²) in [5.74, 6) is 0.725. The molecule has 0 N–H and O–H groups in total. The third-order valence-electron chi connectivity index (χ3n) is 5.20. The van der Waals surface area contributed by atoms with E-state index in [2.05, 4.69) is 17.2 Å². The fourth-order valence-corrected chi connectivity index (χ4v) is 3.57. The van der Waals surface area contributed by atoms with Crippen LogP contribution in [-0.4, -0.2) is 47.0 Å². The highest BCUT2D eigenvalue weighted by Crippen LogP contribution is 2.18. The van der Waals surface area contributed by atoms with Crippen LogP contribution in [0.4, 0.5) is 0 Å². The predicted octanol–water partition coefficient (Wildman–Crippen LogP) is 3.76. The van der Waals surface area contributed by atoms with Crippen LogP contribution in [0.2, 0.25) is 0 Å². The van der Waals surface area contributed by atoms with Crippen molar-refractivity contribution in [2.45, 2.75) is 32.0 Å². The van der Waals surface area contributed by atoms with Gasteiger partial charge in [-0.3, -0.25) is 9.48 Å². The molecule has 1 aliphatic heterocycles. The van der Waals surface area contributed by atoms with E-state index in [9.17, 15) is 4.79 Å². The third-order valence-corrected chi connectivity index (χ3v) is 5.20. The quantitative estimate of drug-likeness (QED) is 0.573. The summed E-state index contributed by atoms with van der Waals surface area (Å²) in [6.07, 6.45) is 6.12. The van der Waals surface area contributed by atoms with Crippen molar-refractivity contribution in [3.8, 4) is 5.75 Å². The topological polar surface area (TPSA) is 56.6 Å². The van der Waals surface area contributed by atoms with Crippen LogP contribution in [0, 0.1) is 0 Å². The van der Waals surface area contributed by atoms with Crippen molar-refractivity contribution < 1.29 is 14.3 Å². The van der Waals surface area contributed by atoms with E-state index in [4.69, 9.17) is 9.47 Å². The zero-order chi connectivity index (χ0) is 20.8. The average molecular weight is 405 g/mol. The van der Waals surface area contributed by atoms with E-state index in [1.807, 2.05) is 59.5 Å². The maximum Gasteiger partial charge on any atom is 0.253 e. The normalized spacial score (nSPS) is 15.8. The molecule has 0 aliphatic carbocycles. The lowest BCUT2D eigenvalue weighted by atomic mass is 10.2. The smallest absolute Gasteiger partial charge is 0.253 e. The summed E-state index contributed by atoms with van der Waals surface area (Å²) in [5, 5.41) is 4.41. The average Bonchev–Trinajstić information content (AvgIpc) is 3.45. The van der Waals surface area contributed by atoms with E-state index in [1.165, 1.54) is 5.56 Å². The zero-order valence-corrected chi connectivity index (χ0v) is 17.2. The first-order valence-corrected chi connectivity index (χ1v) is 10.3. The van der Waals surface area contributed by atoms with Crippen LogP contribution in [0.5, 0.6) is 5.75 Å². The monoisotopic (exact) mass is 405 g/mol. The molecule has 0 radical (unpaired) electrons. The van der Waals surface area contributed by atoms with Gasteiger partial charge in [0.2, 0.25) is 0 Å². The maximum atomic E-state index is 12.8. The highest BCUT2D eigenvalue weighted by Gasteiger charge is 2.17. The molecule has 1 aromatic heterocycles. The number of rotatable bonds is 8. The summed E-state index contributed by atoms with van der Waals surface area (Å²) < 4.78 is 13.2. The van der Waals surface area contributed by atoms with Crippen LogP contribution in [0.1, 0.15) is 34.3 Å². The van der Waals surface area contributed by atoms with Gasteiger partial charge in [0.15, 0.2) is 0 Å². The van der Waals surface area contributed by atoms with E-state index >= 15 is 0 Å². The molecule has 30 heavy (non-hydrogen) atoms. The molecule has 3 aromatic rings. The number of carbonyl (C=O) groups is 1. The van der Waals surface area contributed by atoms with E-state index in [0.717, 1.165) is 30.8 Å². The molecule has 2 aromatic carbocycles. The van der Waals surface area contributed by atoms with Gasteiger partial charge < -0.3 is 14.4 Å². The lowest BCUT2D eigenvalue weighted by Crippen LogP contribution is -2.26. The Hall–Kier alpha value is -3.12. The van der Waals surface area contributed by atoms with Gasteiger partial charge >= 0.3 is 0 Å². The number of nitrogens with zero attached hydrogens (tertiary/aromatic N) is 3. The van der Waals surface area contributed by atoms with Crippen molar-refractivity contribution in [1.29, 1.82) is 0 Å². The number of benzene rings is 2. The van der Waals surface area contributed by atoms with Gasteiger partial charge in [-0.2, -0.15) is 5.10 Å². The molecule has 1 aliphatic rings. The molecule has 156 valence electrons. The standard InChI is InChI=1S/C24H27N3O3/c1-26(15-20-14-25-27(17-20)16-19-6-3-2-4-7-19)24(28)21-9-11-22(12-10-21)30-18-23-8-5-13-29-23/h2-4,6-7,9-12,14,17,23H,5,8,13,15-16,18H2,1H3/t23-/m0/s1. The lowest BCUT2D eigenvalue weighted by molar-refractivity contribution is 0.0679. The van der Waals surface area contributed by atoms with E-state index in [1.54, 1.807) is 11.9 Å². The summed E-state index contributed by atoms with van der Waals surface area (Å²) in [7, 11) is 1.80. The highest BCUT2D eigenvalue weighted by molar-refractivity contribution is 5.94. The molecule has 0 bridgehead atoms. The minimum Gasteiger partial charge on any atom is -0.491 e. The third kappa shape index (κ3) is 5.27. The molecule has 0 saturated carbocycles. The van der Waals surface area contributed by atoms with Crippen LogP contribution < -0.4 is 4.74 Å². The molecular weight excluding hydrogens is 378 g/mol. The lowest BCUT2D eigenvalue weighted by Gasteiger charge is -2.17. The van der Waals surface area contributed by atoms with Gasteiger partial charge in [-0.1, -0.05) is 30.3 Å². The minimum absolute atomic E-state index is 0.0310. The van der Waals surface area contributed by atoms with E-state index in [0.29, 0.717) is 25.3 Å². The Morgan fingerprint density at radius 1 is 1.17 bits per heavy atom. The number of hydrogen-bond donors (Lipinski definition) is 0. The van der Waals surface area contributed by atoms with Gasteiger partial charge in [-0.05, 0) is 42.7 Å². The maximum absolute atomic E-state index is 12.8. The molecule has 1 amide bonds. The summed E-state index contributed by atoms with van der Waals surface area (Å²) in [4.78, 5) is 14.5. The Morgan fingerprint density at radius 3 is 2.70 bits per heavy atom. The first kappa shape index (κ1) is 20.2. The van der Waals surface area contributed by atoms with Crippen molar-refractivity contribution in [2.24, 2.45) is 0 Å². The van der Waals surface area contributed by atoms with Gasteiger partial charge in [-0.15, -0.1) is 0 Å². The number of hydrogen-bond acceptors (Lipinski definition) is 4. The molecule has 1 saturated heterocycles. The van der Waals surface area contributed by atoms with E-state index in [-0.39, 0.29) is 12.0 Å². The second-order valence-corrected chi connectivity index (χ2v) is 7.66. The number of aromatic nitrogens is 2. The van der Waals surface area contributed by atoms with Gasteiger partial charge in [0.05, 0.1) is 18.8 Å². The Labute approximate surface area is 177 Å². The molecule has 6 nitrogen and oxygen atoms in total. The first-order valence-electron chi connectivity index (χ1n) is 10.3. The van der Waals surface area contributed by atoms with Crippen molar-refractivity contribution in [1.82, 2.24) is 14.7 Å². The number of carbonyl (C=O) groups excluding carboxylic acids is 1. The molecule has 1 atom stereocenters. The van der Waals surface area contributed by atoms with Gasteiger partial charge in [0.25, 0.3) is 5.91 Å². The van der Waals surface area contributed by atoms with Crippen LogP contribution in [-0.2, 0) is 17.8 Å². The molecular formula is C24H27N3O3. The second kappa shape index (κ2) is 9.59. The zero-order valence-electron chi connectivity index (χ0n) is 17.2. The highest BCUT2D eigenvalue weighted by atomic mass is 16.5. The fourth-order valence-electron chi connectivity index (χ4n) is 3.57. The van der Waals surface area contributed by atoms with Crippen molar-refractivity contribution >= 4 is 5.91 Å². The Balaban J connectivity index is 1.30. The summed E-state index contributed by atoms with van der Waals surface area (Å²) in [5.41, 5.74) is 2.83. The number of ether oxygens (including phenoxy) is 2. The van der Waals surface area contributed by atoms with Crippen molar-refractivity contribution in [3.63, 3.8) is 0 Å². The van der Waals surface area contributed by atoms with Crippen LogP contribution >= 0.6 is 0 Å². The van der Waals surface area contributed by atoms with Crippen LogP contribution in [0.25, 0.3) is 0 Å². The van der Waals surface area contributed by atoms with Gasteiger partial charge in [0, 0.05) is 37.5 Å². The van der Waals surface area contributed by atoms with Crippen molar-refractivity contribution in [2.75, 3.05) is 20.3 Å². The van der Waals surface area contributed by atoms with Crippen LogP contribution in [0.3, 0.4) is 0 Å². The SMILES string of the molecule is CN(Cc1cnn(Cc2ccccc2)c1)C(=O)c1ccc(OC[C@@H]2CCCO2)cc1. The summed E-state index contributed by atoms with van der Waals surface area (Å²) in [6.45, 7) is 2.59. The fraction of sp³-hybridized carbons (Fsp3) is 0.333. The van der Waals surface area contributed by atoms with Gasteiger partial charge in [-0.25, -0.2) is 0 Å².